The molecule has 2 aromatic carbocycles. The van der Waals surface area contributed by atoms with Crippen LogP contribution in [0.25, 0.3) is 0 Å². The number of anilines is 1. The largest absolute Gasteiger partial charge is 0.497 e. The number of ether oxygens (including phenoxy) is 2. The van der Waals surface area contributed by atoms with E-state index in [-0.39, 0.29) is 5.82 Å². The Balaban J connectivity index is 2.09. The quantitative estimate of drug-likeness (QED) is 0.868. The van der Waals surface area contributed by atoms with Gasteiger partial charge in [-0.1, -0.05) is 18.2 Å². The third kappa shape index (κ3) is 3.41. The van der Waals surface area contributed by atoms with Crippen LogP contribution >= 0.6 is 0 Å². The Labute approximate surface area is 118 Å². The van der Waals surface area contributed by atoms with Gasteiger partial charge in [-0.2, -0.15) is 0 Å². The van der Waals surface area contributed by atoms with Crippen LogP contribution in [0.1, 0.15) is 12.5 Å². The lowest BCUT2D eigenvalue weighted by Gasteiger charge is -2.13. The predicted molar refractivity (Wildman–Crippen MR) is 77.9 cm³/mol. The molecule has 0 heterocycles. The van der Waals surface area contributed by atoms with Crippen LogP contribution in [0.4, 0.5) is 10.1 Å². The van der Waals surface area contributed by atoms with Crippen LogP contribution in [-0.4, -0.2) is 13.7 Å². The number of methoxy groups -OCH3 is 1. The molecule has 0 unspecified atom stereocenters. The van der Waals surface area contributed by atoms with Crippen LogP contribution in [0.2, 0.25) is 0 Å². The maximum atomic E-state index is 13.8. The zero-order valence-corrected chi connectivity index (χ0v) is 11.7. The number of rotatable bonds is 6. The SMILES string of the molecule is CCOc1ccccc1NCc1ccc(OC)cc1F. The van der Waals surface area contributed by atoms with E-state index >= 15 is 0 Å². The van der Waals surface area contributed by atoms with E-state index in [0.29, 0.717) is 24.5 Å². The van der Waals surface area contributed by atoms with Gasteiger partial charge < -0.3 is 14.8 Å². The molecule has 0 aliphatic rings. The maximum Gasteiger partial charge on any atom is 0.142 e. The second-order valence-electron chi connectivity index (χ2n) is 4.24. The predicted octanol–water partition coefficient (Wildman–Crippen LogP) is 3.85. The number of halogens is 1. The minimum atomic E-state index is -0.286. The number of benzene rings is 2. The number of nitrogens with one attached hydrogen (secondary N) is 1. The van der Waals surface area contributed by atoms with E-state index in [1.54, 1.807) is 12.1 Å². The molecule has 0 aliphatic carbocycles. The molecule has 2 rings (SSSR count). The normalized spacial score (nSPS) is 10.2. The molecule has 0 fully saturated rings. The Bertz CT molecular complexity index is 572. The van der Waals surface area contributed by atoms with E-state index in [9.17, 15) is 4.39 Å². The van der Waals surface area contributed by atoms with Crippen molar-refractivity contribution in [3.8, 4) is 11.5 Å². The summed E-state index contributed by atoms with van der Waals surface area (Å²) in [5, 5.41) is 3.19. The molecule has 1 N–H and O–H groups in total. The molecule has 0 bridgehead atoms. The molecule has 4 heteroatoms. The molecular weight excluding hydrogens is 257 g/mol. The van der Waals surface area contributed by atoms with Gasteiger partial charge in [0.2, 0.25) is 0 Å². The highest BCUT2D eigenvalue weighted by atomic mass is 19.1. The molecule has 0 spiro atoms. The highest BCUT2D eigenvalue weighted by Crippen LogP contribution is 2.25. The van der Waals surface area contributed by atoms with Crippen molar-refractivity contribution >= 4 is 5.69 Å². The molecule has 106 valence electrons. The Morgan fingerprint density at radius 3 is 2.65 bits per heavy atom. The van der Waals surface area contributed by atoms with Crippen molar-refractivity contribution in [3.05, 3.63) is 53.8 Å². The second kappa shape index (κ2) is 6.80. The van der Waals surface area contributed by atoms with E-state index in [1.807, 2.05) is 31.2 Å². The first-order chi connectivity index (χ1) is 9.74. The lowest BCUT2D eigenvalue weighted by molar-refractivity contribution is 0.341. The molecule has 0 aromatic heterocycles. The fourth-order valence-corrected chi connectivity index (χ4v) is 1.88. The minimum absolute atomic E-state index is 0.286. The van der Waals surface area contributed by atoms with Gasteiger partial charge in [-0.15, -0.1) is 0 Å². The van der Waals surface area contributed by atoms with Gasteiger partial charge in [-0.05, 0) is 25.1 Å². The average molecular weight is 275 g/mol. The van der Waals surface area contributed by atoms with Crippen molar-refractivity contribution in [2.45, 2.75) is 13.5 Å². The summed E-state index contributed by atoms with van der Waals surface area (Å²) >= 11 is 0. The summed E-state index contributed by atoms with van der Waals surface area (Å²) < 4.78 is 24.3. The third-order valence-electron chi connectivity index (χ3n) is 2.92. The Morgan fingerprint density at radius 1 is 1.15 bits per heavy atom. The first-order valence-corrected chi connectivity index (χ1v) is 6.52. The fraction of sp³-hybridized carbons (Fsp3) is 0.250. The molecule has 2 aromatic rings. The standard InChI is InChI=1S/C16H18FNO2/c1-3-20-16-7-5-4-6-15(16)18-11-12-8-9-13(19-2)10-14(12)17/h4-10,18H,3,11H2,1-2H3. The topological polar surface area (TPSA) is 30.5 Å². The molecule has 20 heavy (non-hydrogen) atoms. The average Bonchev–Trinajstić information content (AvgIpc) is 2.47. The van der Waals surface area contributed by atoms with Crippen LogP contribution in [0, 0.1) is 5.82 Å². The van der Waals surface area contributed by atoms with E-state index in [2.05, 4.69) is 5.32 Å². The number of para-hydroxylation sites is 2. The van der Waals surface area contributed by atoms with Gasteiger partial charge in [0.05, 0.1) is 19.4 Å². The van der Waals surface area contributed by atoms with Crippen molar-refractivity contribution in [1.29, 1.82) is 0 Å². The van der Waals surface area contributed by atoms with E-state index in [0.717, 1.165) is 11.4 Å². The summed E-state index contributed by atoms with van der Waals surface area (Å²) in [5.41, 5.74) is 1.43. The van der Waals surface area contributed by atoms with Gasteiger partial charge in [0, 0.05) is 18.2 Å². The van der Waals surface area contributed by atoms with Crippen molar-refractivity contribution in [1.82, 2.24) is 0 Å². The van der Waals surface area contributed by atoms with E-state index < -0.39 is 0 Å². The number of hydrogen-bond acceptors (Lipinski definition) is 3. The summed E-state index contributed by atoms with van der Waals surface area (Å²) in [6.45, 7) is 2.91. The van der Waals surface area contributed by atoms with Crippen molar-refractivity contribution in [3.63, 3.8) is 0 Å². The van der Waals surface area contributed by atoms with Gasteiger partial charge >= 0.3 is 0 Å². The molecule has 0 amide bonds. The second-order valence-corrected chi connectivity index (χ2v) is 4.24. The number of hydrogen-bond donors (Lipinski definition) is 1. The smallest absolute Gasteiger partial charge is 0.142 e. The highest BCUT2D eigenvalue weighted by molar-refractivity contribution is 5.56. The molecular formula is C16H18FNO2. The molecule has 0 saturated heterocycles. The summed E-state index contributed by atoms with van der Waals surface area (Å²) in [4.78, 5) is 0. The van der Waals surface area contributed by atoms with E-state index in [1.165, 1.54) is 13.2 Å². The van der Waals surface area contributed by atoms with Gasteiger partial charge in [-0.25, -0.2) is 4.39 Å². The minimum Gasteiger partial charge on any atom is -0.497 e. The summed E-state index contributed by atoms with van der Waals surface area (Å²) in [6.07, 6.45) is 0. The summed E-state index contributed by atoms with van der Waals surface area (Å²) in [5.74, 6) is 0.996. The monoisotopic (exact) mass is 275 g/mol. The Hall–Kier alpha value is -2.23. The van der Waals surface area contributed by atoms with Crippen molar-refractivity contribution in [2.75, 3.05) is 19.0 Å². The molecule has 0 saturated carbocycles. The van der Waals surface area contributed by atoms with Gasteiger partial charge in [-0.3, -0.25) is 0 Å². The van der Waals surface area contributed by atoms with Crippen LogP contribution in [0.3, 0.4) is 0 Å². The first-order valence-electron chi connectivity index (χ1n) is 6.52. The zero-order valence-electron chi connectivity index (χ0n) is 11.7. The third-order valence-corrected chi connectivity index (χ3v) is 2.92. The van der Waals surface area contributed by atoms with Crippen LogP contribution in [0.15, 0.2) is 42.5 Å². The lowest BCUT2D eigenvalue weighted by Crippen LogP contribution is -2.04. The summed E-state index contributed by atoms with van der Waals surface area (Å²) in [7, 11) is 1.52. The van der Waals surface area contributed by atoms with Crippen molar-refractivity contribution < 1.29 is 13.9 Å². The van der Waals surface area contributed by atoms with E-state index in [4.69, 9.17) is 9.47 Å². The molecule has 0 aliphatic heterocycles. The molecule has 3 nitrogen and oxygen atoms in total. The Kier molecular flexibility index (Phi) is 4.82. The maximum absolute atomic E-state index is 13.8. The molecule has 0 atom stereocenters. The zero-order chi connectivity index (χ0) is 14.4. The van der Waals surface area contributed by atoms with Gasteiger partial charge in [0.15, 0.2) is 0 Å². The van der Waals surface area contributed by atoms with Crippen LogP contribution in [0.5, 0.6) is 11.5 Å². The van der Waals surface area contributed by atoms with Gasteiger partial charge in [0.25, 0.3) is 0 Å². The summed E-state index contributed by atoms with van der Waals surface area (Å²) in [6, 6.07) is 12.5. The first kappa shape index (κ1) is 14.2. The Morgan fingerprint density at radius 2 is 1.95 bits per heavy atom. The lowest BCUT2D eigenvalue weighted by atomic mass is 10.2. The van der Waals surface area contributed by atoms with Crippen LogP contribution in [-0.2, 0) is 6.54 Å². The highest BCUT2D eigenvalue weighted by Gasteiger charge is 2.06. The fourth-order valence-electron chi connectivity index (χ4n) is 1.88. The van der Waals surface area contributed by atoms with Gasteiger partial charge in [0.1, 0.15) is 17.3 Å². The van der Waals surface area contributed by atoms with Crippen molar-refractivity contribution in [2.24, 2.45) is 0 Å². The molecule has 0 radical (unpaired) electrons. The van der Waals surface area contributed by atoms with Crippen LogP contribution < -0.4 is 14.8 Å².